The molecule has 1 aliphatic rings. The summed E-state index contributed by atoms with van der Waals surface area (Å²) in [5, 5.41) is 6.62. The SMILES string of the molecule is CCNC(=NCc1cc(OC)c(OC)c(OC)c1)NCc1ccc(N2CCCC2=O)cc1. The summed E-state index contributed by atoms with van der Waals surface area (Å²) in [6.07, 6.45) is 1.56. The number of anilines is 1. The van der Waals surface area contributed by atoms with Crippen LogP contribution in [0.15, 0.2) is 41.4 Å². The maximum absolute atomic E-state index is 11.9. The molecular formula is C24H32N4O4. The lowest BCUT2D eigenvalue weighted by atomic mass is 10.2. The van der Waals surface area contributed by atoms with Gasteiger partial charge in [0, 0.05) is 31.7 Å². The number of amides is 1. The lowest BCUT2D eigenvalue weighted by molar-refractivity contribution is -0.117. The van der Waals surface area contributed by atoms with E-state index < -0.39 is 0 Å². The number of guanidine groups is 1. The number of nitrogens with one attached hydrogen (secondary N) is 2. The van der Waals surface area contributed by atoms with Gasteiger partial charge in [-0.25, -0.2) is 4.99 Å². The molecule has 1 heterocycles. The lowest BCUT2D eigenvalue weighted by Crippen LogP contribution is -2.36. The zero-order valence-electron chi connectivity index (χ0n) is 19.2. The van der Waals surface area contributed by atoms with E-state index in [4.69, 9.17) is 14.2 Å². The Balaban J connectivity index is 1.66. The minimum absolute atomic E-state index is 0.198. The summed E-state index contributed by atoms with van der Waals surface area (Å²) >= 11 is 0. The Morgan fingerprint density at radius 2 is 1.69 bits per heavy atom. The maximum atomic E-state index is 11.9. The van der Waals surface area contributed by atoms with Crippen LogP contribution in [0.25, 0.3) is 0 Å². The molecule has 1 saturated heterocycles. The molecule has 0 aliphatic carbocycles. The first-order valence-corrected chi connectivity index (χ1v) is 10.8. The topological polar surface area (TPSA) is 84.4 Å². The Morgan fingerprint density at radius 3 is 2.22 bits per heavy atom. The predicted octanol–water partition coefficient (Wildman–Crippen LogP) is 3.09. The number of hydrogen-bond donors (Lipinski definition) is 2. The van der Waals surface area contributed by atoms with Crippen LogP contribution in [-0.4, -0.2) is 46.3 Å². The second-order valence-corrected chi connectivity index (χ2v) is 7.40. The number of aliphatic imine (C=N–C) groups is 1. The normalized spacial score (nSPS) is 13.8. The Labute approximate surface area is 189 Å². The molecule has 3 rings (SSSR count). The number of rotatable bonds is 9. The molecule has 1 aliphatic heterocycles. The zero-order chi connectivity index (χ0) is 22.9. The second-order valence-electron chi connectivity index (χ2n) is 7.40. The molecule has 2 aromatic rings. The molecule has 8 nitrogen and oxygen atoms in total. The van der Waals surface area contributed by atoms with Crippen molar-refractivity contribution in [1.82, 2.24) is 10.6 Å². The van der Waals surface area contributed by atoms with Crippen LogP contribution in [0.3, 0.4) is 0 Å². The van der Waals surface area contributed by atoms with Gasteiger partial charge in [0.1, 0.15) is 0 Å². The number of ether oxygens (including phenoxy) is 3. The maximum Gasteiger partial charge on any atom is 0.227 e. The first kappa shape index (κ1) is 23.2. The predicted molar refractivity (Wildman–Crippen MR) is 126 cm³/mol. The fraction of sp³-hybridized carbons (Fsp3) is 0.417. The van der Waals surface area contributed by atoms with Crippen LogP contribution in [0.4, 0.5) is 5.69 Å². The summed E-state index contributed by atoms with van der Waals surface area (Å²) in [6, 6.07) is 11.9. The quantitative estimate of drug-likeness (QED) is 0.461. The number of hydrogen-bond acceptors (Lipinski definition) is 5. The van der Waals surface area contributed by atoms with E-state index in [1.165, 1.54) is 0 Å². The summed E-state index contributed by atoms with van der Waals surface area (Å²) in [6.45, 7) is 4.64. The van der Waals surface area contributed by atoms with E-state index in [0.717, 1.165) is 36.3 Å². The molecular weight excluding hydrogens is 408 g/mol. The number of benzene rings is 2. The molecule has 32 heavy (non-hydrogen) atoms. The van der Waals surface area contributed by atoms with E-state index in [1.54, 1.807) is 21.3 Å². The van der Waals surface area contributed by atoms with Crippen molar-refractivity contribution in [2.24, 2.45) is 4.99 Å². The van der Waals surface area contributed by atoms with Crippen LogP contribution in [0.1, 0.15) is 30.9 Å². The van der Waals surface area contributed by atoms with Crippen molar-refractivity contribution in [2.45, 2.75) is 32.9 Å². The highest BCUT2D eigenvalue weighted by molar-refractivity contribution is 5.95. The number of nitrogens with zero attached hydrogens (tertiary/aromatic N) is 2. The van der Waals surface area contributed by atoms with Gasteiger partial charge in [-0.2, -0.15) is 0 Å². The summed E-state index contributed by atoms with van der Waals surface area (Å²) < 4.78 is 16.2. The molecule has 0 aromatic heterocycles. The molecule has 0 spiro atoms. The molecule has 0 unspecified atom stereocenters. The molecule has 0 bridgehead atoms. The smallest absolute Gasteiger partial charge is 0.227 e. The van der Waals surface area contributed by atoms with E-state index in [-0.39, 0.29) is 5.91 Å². The largest absolute Gasteiger partial charge is 0.493 e. The molecule has 2 N–H and O–H groups in total. The van der Waals surface area contributed by atoms with Crippen molar-refractivity contribution in [2.75, 3.05) is 39.3 Å². The van der Waals surface area contributed by atoms with E-state index in [0.29, 0.717) is 42.7 Å². The zero-order valence-corrected chi connectivity index (χ0v) is 19.2. The Hall–Kier alpha value is -3.42. The number of carbonyl (C=O) groups is 1. The minimum atomic E-state index is 0.198. The van der Waals surface area contributed by atoms with E-state index in [9.17, 15) is 4.79 Å². The van der Waals surface area contributed by atoms with Crippen LogP contribution in [0, 0.1) is 0 Å². The molecule has 172 valence electrons. The molecule has 8 heteroatoms. The highest BCUT2D eigenvalue weighted by atomic mass is 16.5. The molecule has 0 atom stereocenters. The lowest BCUT2D eigenvalue weighted by Gasteiger charge is -2.16. The first-order chi connectivity index (χ1) is 15.6. The van der Waals surface area contributed by atoms with E-state index in [1.807, 2.05) is 48.2 Å². The molecule has 0 saturated carbocycles. The van der Waals surface area contributed by atoms with Crippen molar-refractivity contribution >= 4 is 17.6 Å². The fourth-order valence-corrected chi connectivity index (χ4v) is 3.64. The van der Waals surface area contributed by atoms with Gasteiger partial charge < -0.3 is 29.7 Å². The average Bonchev–Trinajstić information content (AvgIpc) is 3.26. The van der Waals surface area contributed by atoms with Gasteiger partial charge in [-0.1, -0.05) is 12.1 Å². The molecule has 1 amide bonds. The van der Waals surface area contributed by atoms with Crippen molar-refractivity contribution in [3.05, 3.63) is 47.5 Å². The van der Waals surface area contributed by atoms with Gasteiger partial charge in [0.15, 0.2) is 17.5 Å². The fourth-order valence-electron chi connectivity index (χ4n) is 3.64. The van der Waals surface area contributed by atoms with Crippen LogP contribution in [-0.2, 0) is 17.9 Å². The average molecular weight is 441 g/mol. The number of methoxy groups -OCH3 is 3. The van der Waals surface area contributed by atoms with Gasteiger partial charge >= 0.3 is 0 Å². The summed E-state index contributed by atoms with van der Waals surface area (Å²) in [5.74, 6) is 2.68. The highest BCUT2D eigenvalue weighted by Gasteiger charge is 2.21. The van der Waals surface area contributed by atoms with Gasteiger partial charge in [-0.05, 0) is 48.7 Å². The van der Waals surface area contributed by atoms with Crippen LogP contribution < -0.4 is 29.7 Å². The Bertz CT molecular complexity index is 919. The second kappa shape index (κ2) is 11.3. The van der Waals surface area contributed by atoms with E-state index in [2.05, 4.69) is 15.6 Å². The third kappa shape index (κ3) is 5.63. The van der Waals surface area contributed by atoms with Crippen molar-refractivity contribution in [3.8, 4) is 17.2 Å². The number of carbonyl (C=O) groups excluding carboxylic acids is 1. The molecule has 0 radical (unpaired) electrons. The third-order valence-electron chi connectivity index (χ3n) is 5.27. The molecule has 2 aromatic carbocycles. The van der Waals surface area contributed by atoms with Gasteiger partial charge in [0.25, 0.3) is 0 Å². The minimum Gasteiger partial charge on any atom is -0.493 e. The Kier molecular flexibility index (Phi) is 8.19. The third-order valence-corrected chi connectivity index (χ3v) is 5.27. The standard InChI is InChI=1S/C24H32N4O4/c1-5-25-24(27-16-18-13-20(30-2)23(32-4)21(14-18)31-3)26-15-17-8-10-19(11-9-17)28-12-6-7-22(28)29/h8-11,13-14H,5-7,12,15-16H2,1-4H3,(H2,25,26,27). The van der Waals surface area contributed by atoms with E-state index >= 15 is 0 Å². The summed E-state index contributed by atoms with van der Waals surface area (Å²) in [5.41, 5.74) is 3.01. The summed E-state index contributed by atoms with van der Waals surface area (Å²) in [4.78, 5) is 18.5. The molecule has 1 fully saturated rings. The summed E-state index contributed by atoms with van der Waals surface area (Å²) in [7, 11) is 4.78. The monoisotopic (exact) mass is 440 g/mol. The Morgan fingerprint density at radius 1 is 1.00 bits per heavy atom. The van der Waals surface area contributed by atoms with Crippen LogP contribution in [0.2, 0.25) is 0 Å². The first-order valence-electron chi connectivity index (χ1n) is 10.8. The van der Waals surface area contributed by atoms with Crippen LogP contribution >= 0.6 is 0 Å². The van der Waals surface area contributed by atoms with Gasteiger partial charge in [-0.3, -0.25) is 4.79 Å². The van der Waals surface area contributed by atoms with Crippen LogP contribution in [0.5, 0.6) is 17.2 Å². The van der Waals surface area contributed by atoms with Crippen molar-refractivity contribution < 1.29 is 19.0 Å². The van der Waals surface area contributed by atoms with Crippen molar-refractivity contribution in [1.29, 1.82) is 0 Å². The van der Waals surface area contributed by atoms with Gasteiger partial charge in [0.05, 0.1) is 27.9 Å². The van der Waals surface area contributed by atoms with Gasteiger partial charge in [-0.15, -0.1) is 0 Å². The van der Waals surface area contributed by atoms with Crippen molar-refractivity contribution in [3.63, 3.8) is 0 Å². The van der Waals surface area contributed by atoms with Gasteiger partial charge in [0.2, 0.25) is 11.7 Å². The highest BCUT2D eigenvalue weighted by Crippen LogP contribution is 2.38.